The Morgan fingerprint density at radius 1 is 1.40 bits per heavy atom. The van der Waals surface area contributed by atoms with E-state index >= 15 is 0 Å². The molecule has 0 spiro atoms. The zero-order valence-electron chi connectivity index (χ0n) is 11.1. The van der Waals surface area contributed by atoms with E-state index in [0.717, 1.165) is 33.4 Å². The van der Waals surface area contributed by atoms with Gasteiger partial charge in [-0.3, -0.25) is 4.57 Å². The van der Waals surface area contributed by atoms with Crippen LogP contribution in [0.5, 0.6) is 0 Å². The topological polar surface area (TPSA) is 61.7 Å². The number of aryl methyl sites for hydroxylation is 2. The maximum Gasteiger partial charge on any atom is 0.207 e. The van der Waals surface area contributed by atoms with Gasteiger partial charge in [-0.1, -0.05) is 18.5 Å². The molecule has 1 aromatic carbocycles. The van der Waals surface area contributed by atoms with Gasteiger partial charge < -0.3 is 5.73 Å². The van der Waals surface area contributed by atoms with Crippen molar-refractivity contribution in [2.75, 3.05) is 5.73 Å². The molecule has 0 aliphatic heterocycles. The Morgan fingerprint density at radius 3 is 2.85 bits per heavy atom. The van der Waals surface area contributed by atoms with Crippen LogP contribution in [0.3, 0.4) is 0 Å². The number of aromatic nitrogens is 4. The minimum atomic E-state index is 0.422. The van der Waals surface area contributed by atoms with Crippen LogP contribution in [0, 0.1) is 0 Å². The SMILES string of the molecule is CCc1nn(C)c2c1nc(N)n2-c1cc(Cl)ccc1Br. The van der Waals surface area contributed by atoms with Crippen molar-refractivity contribution in [1.29, 1.82) is 0 Å². The number of rotatable bonds is 2. The number of fused-ring (bicyclic) bond motifs is 1. The van der Waals surface area contributed by atoms with Crippen molar-refractivity contribution < 1.29 is 0 Å². The van der Waals surface area contributed by atoms with Gasteiger partial charge in [0.25, 0.3) is 0 Å². The molecule has 0 amide bonds. The molecule has 2 N–H and O–H groups in total. The smallest absolute Gasteiger partial charge is 0.207 e. The summed E-state index contributed by atoms with van der Waals surface area (Å²) in [5.74, 6) is 0.422. The fraction of sp³-hybridized carbons (Fsp3) is 0.231. The number of nitrogen functional groups attached to an aromatic ring is 1. The molecule has 20 heavy (non-hydrogen) atoms. The number of halogens is 2. The van der Waals surface area contributed by atoms with Crippen LogP contribution in [-0.2, 0) is 13.5 Å². The molecule has 2 aromatic heterocycles. The van der Waals surface area contributed by atoms with Crippen molar-refractivity contribution >= 4 is 44.6 Å². The third-order valence-electron chi connectivity index (χ3n) is 3.21. The van der Waals surface area contributed by atoms with E-state index in [1.165, 1.54) is 0 Å². The van der Waals surface area contributed by atoms with E-state index in [-0.39, 0.29) is 0 Å². The fourth-order valence-electron chi connectivity index (χ4n) is 2.33. The molecule has 3 rings (SSSR count). The lowest BCUT2D eigenvalue weighted by Crippen LogP contribution is -2.05. The monoisotopic (exact) mass is 353 g/mol. The number of imidazole rings is 1. The summed E-state index contributed by atoms with van der Waals surface area (Å²) in [6.45, 7) is 2.05. The Hall–Kier alpha value is -1.53. The first-order valence-corrected chi connectivity index (χ1v) is 7.35. The number of hydrogen-bond donors (Lipinski definition) is 1. The van der Waals surface area contributed by atoms with E-state index < -0.39 is 0 Å². The number of hydrogen-bond acceptors (Lipinski definition) is 3. The molecule has 0 saturated carbocycles. The molecule has 0 atom stereocenters. The van der Waals surface area contributed by atoms with Crippen molar-refractivity contribution in [3.63, 3.8) is 0 Å². The molecule has 0 radical (unpaired) electrons. The molecule has 7 heteroatoms. The van der Waals surface area contributed by atoms with Gasteiger partial charge in [-0.25, -0.2) is 9.67 Å². The van der Waals surface area contributed by atoms with Crippen molar-refractivity contribution in [2.24, 2.45) is 7.05 Å². The highest BCUT2D eigenvalue weighted by molar-refractivity contribution is 9.10. The van der Waals surface area contributed by atoms with Crippen molar-refractivity contribution in [2.45, 2.75) is 13.3 Å². The Labute approximate surface area is 129 Å². The van der Waals surface area contributed by atoms with Gasteiger partial charge in [-0.15, -0.1) is 0 Å². The molecule has 2 heterocycles. The van der Waals surface area contributed by atoms with Gasteiger partial charge in [-0.2, -0.15) is 5.10 Å². The highest BCUT2D eigenvalue weighted by Gasteiger charge is 2.19. The molecule has 3 aromatic rings. The summed E-state index contributed by atoms with van der Waals surface area (Å²) in [5.41, 5.74) is 9.57. The number of nitrogens with zero attached hydrogens (tertiary/aromatic N) is 4. The van der Waals surface area contributed by atoms with Gasteiger partial charge in [0.1, 0.15) is 5.52 Å². The highest BCUT2D eigenvalue weighted by atomic mass is 79.9. The first-order valence-electron chi connectivity index (χ1n) is 6.18. The van der Waals surface area contributed by atoms with E-state index in [9.17, 15) is 0 Å². The summed E-state index contributed by atoms with van der Waals surface area (Å²) >= 11 is 9.62. The van der Waals surface area contributed by atoms with Gasteiger partial charge >= 0.3 is 0 Å². The number of nitrogens with two attached hydrogens (primary N) is 1. The lowest BCUT2D eigenvalue weighted by Gasteiger charge is -2.09. The molecule has 5 nitrogen and oxygen atoms in total. The van der Waals surface area contributed by atoms with Gasteiger partial charge in [0.15, 0.2) is 5.65 Å². The van der Waals surface area contributed by atoms with E-state index in [2.05, 4.69) is 26.0 Å². The molecule has 0 aliphatic rings. The third-order valence-corrected chi connectivity index (χ3v) is 4.12. The normalized spacial score (nSPS) is 11.4. The van der Waals surface area contributed by atoms with Crippen LogP contribution in [0.25, 0.3) is 16.9 Å². The predicted molar refractivity (Wildman–Crippen MR) is 84.3 cm³/mol. The molecule has 0 saturated heterocycles. The lowest BCUT2D eigenvalue weighted by atomic mass is 10.3. The second kappa shape index (κ2) is 4.79. The lowest BCUT2D eigenvalue weighted by molar-refractivity contribution is 0.751. The standard InChI is InChI=1S/C13H13BrClN5/c1-3-9-11-12(19(2)18-9)20(13(16)17-11)10-6-7(15)4-5-8(10)14/h4-6H,3H2,1-2H3,(H2,16,17). The summed E-state index contributed by atoms with van der Waals surface area (Å²) in [6, 6.07) is 5.56. The van der Waals surface area contributed by atoms with E-state index in [4.69, 9.17) is 17.3 Å². The zero-order chi connectivity index (χ0) is 14.4. The summed E-state index contributed by atoms with van der Waals surface area (Å²) < 4.78 is 4.55. The molecule has 0 bridgehead atoms. The summed E-state index contributed by atoms with van der Waals surface area (Å²) in [7, 11) is 1.89. The minimum absolute atomic E-state index is 0.422. The molecule has 0 fully saturated rings. The first kappa shape index (κ1) is 13.5. The first-order chi connectivity index (χ1) is 9.52. The molecule has 0 aliphatic carbocycles. The Bertz CT molecular complexity index is 805. The predicted octanol–water partition coefficient (Wildman–Crippen LogP) is 3.32. The van der Waals surface area contributed by atoms with Crippen LogP contribution in [-0.4, -0.2) is 19.3 Å². The Kier molecular flexibility index (Phi) is 3.22. The zero-order valence-corrected chi connectivity index (χ0v) is 13.4. The van der Waals surface area contributed by atoms with Gasteiger partial charge in [-0.05, 0) is 40.5 Å². The second-order valence-corrected chi connectivity index (χ2v) is 5.79. The molecule has 0 unspecified atom stereocenters. The van der Waals surface area contributed by atoms with Crippen molar-refractivity contribution in [1.82, 2.24) is 19.3 Å². The van der Waals surface area contributed by atoms with Crippen LogP contribution >= 0.6 is 27.5 Å². The maximum atomic E-state index is 6.09. The van der Waals surface area contributed by atoms with Crippen LogP contribution in [0.2, 0.25) is 5.02 Å². The van der Waals surface area contributed by atoms with Gasteiger partial charge in [0.05, 0.1) is 11.4 Å². The van der Waals surface area contributed by atoms with Gasteiger partial charge in [0.2, 0.25) is 5.95 Å². The largest absolute Gasteiger partial charge is 0.369 e. The van der Waals surface area contributed by atoms with Crippen LogP contribution in [0.1, 0.15) is 12.6 Å². The summed E-state index contributed by atoms with van der Waals surface area (Å²) in [6.07, 6.45) is 0.810. The van der Waals surface area contributed by atoms with Crippen molar-refractivity contribution in [3.8, 4) is 5.69 Å². The van der Waals surface area contributed by atoms with Crippen molar-refractivity contribution in [3.05, 3.63) is 33.4 Å². The van der Waals surface area contributed by atoms with Crippen LogP contribution in [0.15, 0.2) is 22.7 Å². The average Bonchev–Trinajstić information content (AvgIpc) is 2.90. The van der Waals surface area contributed by atoms with E-state index in [1.807, 2.05) is 36.7 Å². The average molecular weight is 355 g/mol. The second-order valence-electron chi connectivity index (χ2n) is 4.50. The molecule has 104 valence electrons. The summed E-state index contributed by atoms with van der Waals surface area (Å²) in [5, 5.41) is 5.12. The Morgan fingerprint density at radius 2 is 2.15 bits per heavy atom. The number of benzene rings is 1. The molecular formula is C13H13BrClN5. The van der Waals surface area contributed by atoms with Crippen LogP contribution in [0.4, 0.5) is 5.95 Å². The van der Waals surface area contributed by atoms with Gasteiger partial charge in [0, 0.05) is 16.5 Å². The van der Waals surface area contributed by atoms with Crippen LogP contribution < -0.4 is 5.73 Å². The quantitative estimate of drug-likeness (QED) is 0.768. The maximum absolute atomic E-state index is 6.09. The third kappa shape index (κ3) is 1.91. The van der Waals surface area contributed by atoms with E-state index in [0.29, 0.717) is 11.0 Å². The summed E-state index contributed by atoms with van der Waals surface area (Å²) in [4.78, 5) is 4.45. The van der Waals surface area contributed by atoms with E-state index in [1.54, 1.807) is 4.68 Å². The minimum Gasteiger partial charge on any atom is -0.369 e. The number of anilines is 1. The fourth-order valence-corrected chi connectivity index (χ4v) is 2.92. The Balaban J connectivity index is 2.39. The molecular weight excluding hydrogens is 342 g/mol. The highest BCUT2D eigenvalue weighted by Crippen LogP contribution is 2.31.